The summed E-state index contributed by atoms with van der Waals surface area (Å²) in [5.74, 6) is 1.22. The van der Waals surface area contributed by atoms with Crippen LogP contribution in [0.15, 0.2) is 36.7 Å². The van der Waals surface area contributed by atoms with Crippen molar-refractivity contribution in [2.75, 3.05) is 30.4 Å². The van der Waals surface area contributed by atoms with E-state index in [4.69, 9.17) is 4.74 Å². The number of benzene rings is 1. The van der Waals surface area contributed by atoms with Crippen LogP contribution in [0.3, 0.4) is 0 Å². The lowest BCUT2D eigenvalue weighted by molar-refractivity contribution is 0.102. The van der Waals surface area contributed by atoms with Crippen LogP contribution in [-0.2, 0) is 0 Å². The van der Waals surface area contributed by atoms with Crippen LogP contribution in [-0.4, -0.2) is 36.1 Å². The monoisotopic (exact) mass is 300 g/mol. The molecule has 1 aromatic heterocycles. The van der Waals surface area contributed by atoms with Crippen LogP contribution in [0.25, 0.3) is 0 Å². The summed E-state index contributed by atoms with van der Waals surface area (Å²) in [6.45, 7) is 5.80. The molecule has 0 fully saturated rings. The first-order valence-corrected chi connectivity index (χ1v) is 7.20. The average Bonchev–Trinajstić information content (AvgIpc) is 2.57. The summed E-state index contributed by atoms with van der Waals surface area (Å²) >= 11 is 0. The van der Waals surface area contributed by atoms with E-state index in [1.54, 1.807) is 37.6 Å². The fourth-order valence-electron chi connectivity index (χ4n) is 2.02. The summed E-state index contributed by atoms with van der Waals surface area (Å²) in [6, 6.07) is 7.11. The highest BCUT2D eigenvalue weighted by Crippen LogP contribution is 2.16. The number of aromatic nitrogens is 2. The largest absolute Gasteiger partial charge is 0.497 e. The van der Waals surface area contributed by atoms with Crippen molar-refractivity contribution < 1.29 is 9.53 Å². The van der Waals surface area contributed by atoms with Crippen LogP contribution in [0.2, 0.25) is 0 Å². The fraction of sp³-hybridized carbons (Fsp3) is 0.312. The van der Waals surface area contributed by atoms with E-state index in [2.05, 4.69) is 34.0 Å². The van der Waals surface area contributed by atoms with Gasteiger partial charge < -0.3 is 15.0 Å². The Bertz CT molecular complexity index is 607. The van der Waals surface area contributed by atoms with Crippen molar-refractivity contribution in [1.29, 1.82) is 0 Å². The summed E-state index contributed by atoms with van der Waals surface area (Å²) in [6.07, 6.45) is 3.11. The number of rotatable bonds is 6. The van der Waals surface area contributed by atoms with Gasteiger partial charge in [-0.25, -0.2) is 9.97 Å². The number of methoxy groups -OCH3 is 1. The van der Waals surface area contributed by atoms with Crippen molar-refractivity contribution in [3.63, 3.8) is 0 Å². The maximum Gasteiger partial charge on any atom is 0.275 e. The van der Waals surface area contributed by atoms with Gasteiger partial charge in [-0.05, 0) is 38.1 Å². The van der Waals surface area contributed by atoms with Gasteiger partial charge in [-0.2, -0.15) is 0 Å². The molecule has 0 aliphatic rings. The number of carbonyl (C=O) groups excluding carboxylic acids is 1. The van der Waals surface area contributed by atoms with Crippen molar-refractivity contribution >= 4 is 17.4 Å². The predicted octanol–water partition coefficient (Wildman–Crippen LogP) is 2.58. The van der Waals surface area contributed by atoms with Crippen molar-refractivity contribution in [2.24, 2.45) is 0 Å². The Balaban J connectivity index is 2.05. The summed E-state index contributed by atoms with van der Waals surface area (Å²) in [4.78, 5) is 22.7. The molecule has 116 valence electrons. The third kappa shape index (κ3) is 3.72. The van der Waals surface area contributed by atoms with E-state index < -0.39 is 0 Å². The molecule has 0 aliphatic carbocycles. The number of hydrogen-bond donors (Lipinski definition) is 1. The second-order valence-electron chi connectivity index (χ2n) is 4.61. The second-order valence-corrected chi connectivity index (χ2v) is 4.61. The smallest absolute Gasteiger partial charge is 0.275 e. The number of hydrogen-bond acceptors (Lipinski definition) is 5. The number of nitrogens with zero attached hydrogens (tertiary/aromatic N) is 3. The van der Waals surface area contributed by atoms with Gasteiger partial charge in [0.25, 0.3) is 5.91 Å². The summed E-state index contributed by atoms with van der Waals surface area (Å²) in [7, 11) is 1.60. The van der Waals surface area contributed by atoms with Crippen molar-refractivity contribution in [3.8, 4) is 5.75 Å². The highest BCUT2D eigenvalue weighted by molar-refractivity contribution is 6.02. The van der Waals surface area contributed by atoms with Gasteiger partial charge in [0, 0.05) is 18.8 Å². The van der Waals surface area contributed by atoms with Gasteiger partial charge in [0.05, 0.1) is 19.5 Å². The normalized spacial score (nSPS) is 10.1. The van der Waals surface area contributed by atoms with E-state index in [1.807, 2.05) is 0 Å². The lowest BCUT2D eigenvalue weighted by atomic mass is 10.3. The van der Waals surface area contributed by atoms with Gasteiger partial charge in [-0.15, -0.1) is 0 Å². The molecule has 2 aromatic rings. The first-order valence-electron chi connectivity index (χ1n) is 7.20. The van der Waals surface area contributed by atoms with Gasteiger partial charge in [-0.3, -0.25) is 4.79 Å². The molecule has 1 aromatic carbocycles. The summed E-state index contributed by atoms with van der Waals surface area (Å²) in [5, 5.41) is 2.78. The van der Waals surface area contributed by atoms with Gasteiger partial charge in [0.2, 0.25) is 0 Å². The SMILES string of the molecule is CCN(CC)c1cnc(C(=O)Nc2ccc(OC)cc2)cn1. The predicted molar refractivity (Wildman–Crippen MR) is 86.5 cm³/mol. The van der Waals surface area contributed by atoms with Crippen LogP contribution in [0, 0.1) is 0 Å². The second kappa shape index (κ2) is 7.40. The molecule has 6 heteroatoms. The van der Waals surface area contributed by atoms with E-state index in [9.17, 15) is 4.79 Å². The minimum Gasteiger partial charge on any atom is -0.497 e. The van der Waals surface area contributed by atoms with E-state index in [1.165, 1.54) is 6.20 Å². The molecule has 1 heterocycles. The third-order valence-electron chi connectivity index (χ3n) is 3.31. The Labute approximate surface area is 130 Å². The lowest BCUT2D eigenvalue weighted by Crippen LogP contribution is -2.23. The molecule has 1 N–H and O–H groups in total. The average molecular weight is 300 g/mol. The van der Waals surface area contributed by atoms with Gasteiger partial charge in [-0.1, -0.05) is 0 Å². The molecule has 0 saturated heterocycles. The Kier molecular flexibility index (Phi) is 5.30. The zero-order valence-electron chi connectivity index (χ0n) is 13.0. The molecule has 0 saturated carbocycles. The first-order chi connectivity index (χ1) is 10.7. The van der Waals surface area contributed by atoms with Crippen LogP contribution in [0.4, 0.5) is 11.5 Å². The van der Waals surface area contributed by atoms with Gasteiger partial charge >= 0.3 is 0 Å². The van der Waals surface area contributed by atoms with Crippen LogP contribution >= 0.6 is 0 Å². The van der Waals surface area contributed by atoms with Crippen molar-refractivity contribution in [2.45, 2.75) is 13.8 Å². The van der Waals surface area contributed by atoms with Crippen molar-refractivity contribution in [1.82, 2.24) is 9.97 Å². The number of amides is 1. The molecule has 0 aliphatic heterocycles. The molecule has 2 rings (SSSR count). The molecule has 1 amide bonds. The van der Waals surface area contributed by atoms with E-state index in [-0.39, 0.29) is 11.6 Å². The summed E-state index contributed by atoms with van der Waals surface area (Å²) < 4.78 is 5.08. The molecule has 0 atom stereocenters. The lowest BCUT2D eigenvalue weighted by Gasteiger charge is -2.18. The van der Waals surface area contributed by atoms with Gasteiger partial charge in [0.15, 0.2) is 0 Å². The minimum atomic E-state index is -0.288. The first kappa shape index (κ1) is 15.8. The summed E-state index contributed by atoms with van der Waals surface area (Å²) in [5.41, 5.74) is 0.965. The molecular formula is C16H20N4O2. The minimum absolute atomic E-state index is 0.284. The van der Waals surface area contributed by atoms with E-state index >= 15 is 0 Å². The van der Waals surface area contributed by atoms with Gasteiger partial charge in [0.1, 0.15) is 17.3 Å². The Morgan fingerprint density at radius 2 is 1.82 bits per heavy atom. The highest BCUT2D eigenvalue weighted by Gasteiger charge is 2.10. The van der Waals surface area contributed by atoms with Crippen LogP contribution < -0.4 is 15.0 Å². The Morgan fingerprint density at radius 3 is 2.32 bits per heavy atom. The zero-order valence-corrected chi connectivity index (χ0v) is 13.0. The van der Waals surface area contributed by atoms with Crippen LogP contribution in [0.5, 0.6) is 5.75 Å². The van der Waals surface area contributed by atoms with Crippen LogP contribution in [0.1, 0.15) is 24.3 Å². The molecule has 0 radical (unpaired) electrons. The molecule has 0 unspecified atom stereocenters. The Morgan fingerprint density at radius 1 is 1.14 bits per heavy atom. The number of carbonyl (C=O) groups is 1. The molecule has 0 bridgehead atoms. The number of nitrogens with one attached hydrogen (secondary N) is 1. The van der Waals surface area contributed by atoms with Crippen molar-refractivity contribution in [3.05, 3.63) is 42.4 Å². The highest BCUT2D eigenvalue weighted by atomic mass is 16.5. The standard InChI is InChI=1S/C16H20N4O2/c1-4-20(5-2)15-11-17-14(10-18-15)16(21)19-12-6-8-13(22-3)9-7-12/h6-11H,4-5H2,1-3H3,(H,19,21). The number of anilines is 2. The molecule has 22 heavy (non-hydrogen) atoms. The Hall–Kier alpha value is -2.63. The molecule has 6 nitrogen and oxygen atoms in total. The molecular weight excluding hydrogens is 280 g/mol. The quantitative estimate of drug-likeness (QED) is 0.888. The van der Waals surface area contributed by atoms with E-state index in [0.717, 1.165) is 24.7 Å². The zero-order chi connectivity index (χ0) is 15.9. The fourth-order valence-corrected chi connectivity index (χ4v) is 2.02. The maximum absolute atomic E-state index is 12.1. The molecule has 0 spiro atoms. The maximum atomic E-state index is 12.1. The topological polar surface area (TPSA) is 67.4 Å². The number of ether oxygens (including phenoxy) is 1. The third-order valence-corrected chi connectivity index (χ3v) is 3.31. The van der Waals surface area contributed by atoms with E-state index in [0.29, 0.717) is 5.69 Å².